The molecule has 0 spiro atoms. The van der Waals surface area contributed by atoms with Gasteiger partial charge in [-0.15, -0.1) is 6.58 Å². The molecule has 100 valence electrons. The van der Waals surface area contributed by atoms with Gasteiger partial charge in [0.15, 0.2) is 0 Å². The highest BCUT2D eigenvalue weighted by Gasteiger charge is 2.09. The molecule has 4 nitrogen and oxygen atoms in total. The molecule has 0 heterocycles. The van der Waals surface area contributed by atoms with E-state index in [1.165, 1.54) is 0 Å². The molecule has 1 N–H and O–H groups in total. The van der Waals surface area contributed by atoms with Crippen LogP contribution in [0.3, 0.4) is 0 Å². The number of carbonyl (C=O) groups excluding carboxylic acids is 1. The molecule has 0 saturated heterocycles. The van der Waals surface area contributed by atoms with E-state index in [0.29, 0.717) is 19.7 Å². The smallest absolute Gasteiger partial charge is 0.320 e. The zero-order valence-corrected chi connectivity index (χ0v) is 10.9. The first-order valence-electron chi connectivity index (χ1n) is 6.34. The van der Waals surface area contributed by atoms with Gasteiger partial charge in [-0.3, -0.25) is 9.69 Å². The predicted molar refractivity (Wildman–Crippen MR) is 68.8 cm³/mol. The Morgan fingerprint density at radius 3 is 2.65 bits per heavy atom. The summed E-state index contributed by atoms with van der Waals surface area (Å²) in [5, 5.41) is 8.65. The molecule has 4 heteroatoms. The van der Waals surface area contributed by atoms with Gasteiger partial charge in [0.25, 0.3) is 0 Å². The normalized spacial score (nSPS) is 10.5. The monoisotopic (exact) mass is 243 g/mol. The molecule has 0 unspecified atom stereocenters. The molecule has 0 aliphatic carbocycles. The van der Waals surface area contributed by atoms with Crippen molar-refractivity contribution >= 4 is 5.97 Å². The lowest BCUT2D eigenvalue weighted by Gasteiger charge is -2.19. The highest BCUT2D eigenvalue weighted by Crippen LogP contribution is 2.02. The summed E-state index contributed by atoms with van der Waals surface area (Å²) in [4.78, 5) is 13.4. The van der Waals surface area contributed by atoms with Gasteiger partial charge in [-0.25, -0.2) is 0 Å². The Balaban J connectivity index is 3.73. The van der Waals surface area contributed by atoms with E-state index in [-0.39, 0.29) is 12.6 Å². The SMILES string of the molecule is C=CCN(CCCCCCO)CC(=O)OCC. The highest BCUT2D eigenvalue weighted by atomic mass is 16.5. The summed E-state index contributed by atoms with van der Waals surface area (Å²) in [6.07, 6.45) is 5.81. The van der Waals surface area contributed by atoms with Crippen molar-refractivity contribution in [1.29, 1.82) is 0 Å². The topological polar surface area (TPSA) is 49.8 Å². The van der Waals surface area contributed by atoms with E-state index >= 15 is 0 Å². The number of unbranched alkanes of at least 4 members (excludes halogenated alkanes) is 3. The Labute approximate surface area is 104 Å². The van der Waals surface area contributed by atoms with Gasteiger partial charge in [0.05, 0.1) is 13.2 Å². The number of nitrogens with zero attached hydrogens (tertiary/aromatic N) is 1. The van der Waals surface area contributed by atoms with Crippen LogP contribution in [0, 0.1) is 0 Å². The zero-order valence-electron chi connectivity index (χ0n) is 10.9. The van der Waals surface area contributed by atoms with Gasteiger partial charge >= 0.3 is 5.97 Å². The highest BCUT2D eigenvalue weighted by molar-refractivity contribution is 5.71. The molecule has 0 atom stereocenters. The number of rotatable bonds is 11. The van der Waals surface area contributed by atoms with Crippen molar-refractivity contribution < 1.29 is 14.6 Å². The number of esters is 1. The number of aliphatic hydroxyl groups excluding tert-OH is 1. The molecule has 0 aliphatic heterocycles. The number of carbonyl (C=O) groups is 1. The van der Waals surface area contributed by atoms with E-state index in [2.05, 4.69) is 6.58 Å². The second-order valence-corrected chi connectivity index (χ2v) is 3.97. The van der Waals surface area contributed by atoms with Crippen LogP contribution in [0.1, 0.15) is 32.6 Å². The Kier molecular flexibility index (Phi) is 11.0. The van der Waals surface area contributed by atoms with E-state index < -0.39 is 0 Å². The first-order valence-corrected chi connectivity index (χ1v) is 6.34. The van der Waals surface area contributed by atoms with E-state index in [4.69, 9.17) is 9.84 Å². The molecule has 0 rings (SSSR count). The average Bonchev–Trinajstić information content (AvgIpc) is 2.29. The fourth-order valence-corrected chi connectivity index (χ4v) is 1.61. The van der Waals surface area contributed by atoms with Gasteiger partial charge in [-0.05, 0) is 26.3 Å². The molecule has 0 saturated carbocycles. The third-order valence-corrected chi connectivity index (χ3v) is 2.43. The molecule has 0 radical (unpaired) electrons. The molecule has 0 aromatic heterocycles. The van der Waals surface area contributed by atoms with Crippen LogP contribution >= 0.6 is 0 Å². The molecule has 0 aromatic carbocycles. The molecule has 0 fully saturated rings. The average molecular weight is 243 g/mol. The second-order valence-electron chi connectivity index (χ2n) is 3.97. The first kappa shape index (κ1) is 16.1. The van der Waals surface area contributed by atoms with Crippen molar-refractivity contribution in [2.24, 2.45) is 0 Å². The minimum Gasteiger partial charge on any atom is -0.465 e. The standard InChI is InChI=1S/C13H25NO3/c1-3-9-14(12-13(16)17-4-2)10-7-5-6-8-11-15/h3,15H,1,4-12H2,2H3. The van der Waals surface area contributed by atoms with Crippen molar-refractivity contribution in [3.63, 3.8) is 0 Å². The lowest BCUT2D eigenvalue weighted by Crippen LogP contribution is -2.32. The van der Waals surface area contributed by atoms with Crippen molar-refractivity contribution in [2.75, 3.05) is 32.8 Å². The first-order chi connectivity index (χ1) is 8.24. The summed E-state index contributed by atoms with van der Waals surface area (Å²) < 4.78 is 4.92. The Hall–Kier alpha value is -0.870. The predicted octanol–water partition coefficient (Wildman–Crippen LogP) is 1.59. The van der Waals surface area contributed by atoms with Gasteiger partial charge in [0, 0.05) is 13.2 Å². The number of hydrogen-bond acceptors (Lipinski definition) is 4. The van der Waals surface area contributed by atoms with Gasteiger partial charge in [-0.1, -0.05) is 18.9 Å². The summed E-state index contributed by atoms with van der Waals surface area (Å²) in [6, 6.07) is 0. The quantitative estimate of drug-likeness (QED) is 0.340. The van der Waals surface area contributed by atoms with Crippen LogP contribution in [0.4, 0.5) is 0 Å². The molecule has 0 aromatic rings. The van der Waals surface area contributed by atoms with Crippen LogP contribution in [-0.2, 0) is 9.53 Å². The molecule has 0 aliphatic rings. The summed E-state index contributed by atoms with van der Waals surface area (Å²) in [7, 11) is 0. The summed E-state index contributed by atoms with van der Waals surface area (Å²) in [6.45, 7) is 8.10. The van der Waals surface area contributed by atoms with Crippen LogP contribution in [-0.4, -0.2) is 48.8 Å². The third-order valence-electron chi connectivity index (χ3n) is 2.43. The molecule has 0 amide bonds. The lowest BCUT2D eigenvalue weighted by molar-refractivity contribution is -0.144. The third kappa shape index (κ3) is 10.0. The van der Waals surface area contributed by atoms with E-state index in [0.717, 1.165) is 32.2 Å². The maximum absolute atomic E-state index is 11.3. The van der Waals surface area contributed by atoms with Gasteiger partial charge in [0.2, 0.25) is 0 Å². The van der Waals surface area contributed by atoms with Crippen molar-refractivity contribution in [3.05, 3.63) is 12.7 Å². The molecular weight excluding hydrogens is 218 g/mol. The largest absolute Gasteiger partial charge is 0.465 e. The minimum absolute atomic E-state index is 0.176. The Morgan fingerprint density at radius 2 is 2.06 bits per heavy atom. The van der Waals surface area contributed by atoms with Crippen LogP contribution < -0.4 is 0 Å². The fraction of sp³-hybridized carbons (Fsp3) is 0.769. The van der Waals surface area contributed by atoms with Gasteiger partial charge < -0.3 is 9.84 Å². The maximum Gasteiger partial charge on any atom is 0.320 e. The lowest BCUT2D eigenvalue weighted by atomic mass is 10.2. The van der Waals surface area contributed by atoms with Crippen LogP contribution in [0.5, 0.6) is 0 Å². The van der Waals surface area contributed by atoms with Crippen molar-refractivity contribution in [3.8, 4) is 0 Å². The molecule has 17 heavy (non-hydrogen) atoms. The summed E-state index contributed by atoms with van der Waals surface area (Å²) in [5.74, 6) is -0.176. The van der Waals surface area contributed by atoms with Crippen LogP contribution in [0.25, 0.3) is 0 Å². The van der Waals surface area contributed by atoms with E-state index in [9.17, 15) is 4.79 Å². The van der Waals surface area contributed by atoms with E-state index in [1.54, 1.807) is 6.08 Å². The Bertz CT molecular complexity index is 207. The number of hydrogen-bond donors (Lipinski definition) is 1. The van der Waals surface area contributed by atoms with Gasteiger partial charge in [0.1, 0.15) is 0 Å². The minimum atomic E-state index is -0.176. The maximum atomic E-state index is 11.3. The number of ether oxygens (including phenoxy) is 1. The molecule has 0 bridgehead atoms. The zero-order chi connectivity index (χ0) is 12.9. The van der Waals surface area contributed by atoms with Crippen LogP contribution in [0.2, 0.25) is 0 Å². The van der Waals surface area contributed by atoms with Crippen LogP contribution in [0.15, 0.2) is 12.7 Å². The van der Waals surface area contributed by atoms with Gasteiger partial charge in [-0.2, -0.15) is 0 Å². The van der Waals surface area contributed by atoms with Crippen molar-refractivity contribution in [1.82, 2.24) is 4.90 Å². The molecular formula is C13H25NO3. The second kappa shape index (κ2) is 11.6. The fourth-order valence-electron chi connectivity index (χ4n) is 1.61. The number of aliphatic hydroxyl groups is 1. The van der Waals surface area contributed by atoms with E-state index in [1.807, 2.05) is 11.8 Å². The summed E-state index contributed by atoms with van der Waals surface area (Å²) in [5.41, 5.74) is 0. The summed E-state index contributed by atoms with van der Waals surface area (Å²) >= 11 is 0. The van der Waals surface area contributed by atoms with Crippen molar-refractivity contribution in [2.45, 2.75) is 32.6 Å². The Morgan fingerprint density at radius 1 is 1.35 bits per heavy atom.